The Morgan fingerprint density at radius 1 is 1.30 bits per heavy atom. The Labute approximate surface area is 116 Å². The molecule has 0 spiro atoms. The van der Waals surface area contributed by atoms with Gasteiger partial charge in [-0.15, -0.1) is 0 Å². The van der Waals surface area contributed by atoms with Crippen molar-refractivity contribution in [3.8, 4) is 0 Å². The maximum absolute atomic E-state index is 11.2. The standard InChI is InChI=1S/C15H16N2O3/c18-15(19)12-8-4-7-11(12)14-16-13(17-20-14)9-10-5-2-1-3-6-10/h1-3,5-6,11-12H,4,7-9H2,(H,18,19). The Kier molecular flexibility index (Phi) is 3.50. The van der Waals surface area contributed by atoms with Gasteiger partial charge in [0.15, 0.2) is 5.82 Å². The van der Waals surface area contributed by atoms with Crippen LogP contribution < -0.4 is 0 Å². The van der Waals surface area contributed by atoms with Crippen molar-refractivity contribution in [3.63, 3.8) is 0 Å². The minimum absolute atomic E-state index is 0.135. The van der Waals surface area contributed by atoms with Crippen LogP contribution in [0.25, 0.3) is 0 Å². The number of benzene rings is 1. The molecule has 1 fully saturated rings. The van der Waals surface area contributed by atoms with E-state index >= 15 is 0 Å². The van der Waals surface area contributed by atoms with E-state index in [4.69, 9.17) is 4.52 Å². The molecule has 0 amide bonds. The maximum atomic E-state index is 11.2. The Morgan fingerprint density at radius 2 is 2.10 bits per heavy atom. The molecule has 1 aromatic carbocycles. The molecule has 1 aliphatic carbocycles. The van der Waals surface area contributed by atoms with Crippen LogP contribution in [0.4, 0.5) is 0 Å². The average molecular weight is 272 g/mol. The Morgan fingerprint density at radius 3 is 2.85 bits per heavy atom. The molecule has 5 heteroatoms. The van der Waals surface area contributed by atoms with Crippen molar-refractivity contribution >= 4 is 5.97 Å². The van der Waals surface area contributed by atoms with E-state index in [-0.39, 0.29) is 11.8 Å². The van der Waals surface area contributed by atoms with E-state index in [9.17, 15) is 9.90 Å². The van der Waals surface area contributed by atoms with Crippen molar-refractivity contribution in [1.82, 2.24) is 10.1 Å². The van der Waals surface area contributed by atoms with Crippen LogP contribution in [0.2, 0.25) is 0 Å². The largest absolute Gasteiger partial charge is 0.481 e. The molecule has 1 heterocycles. The van der Waals surface area contributed by atoms with Gasteiger partial charge in [0.1, 0.15) is 0 Å². The van der Waals surface area contributed by atoms with Crippen LogP contribution in [-0.4, -0.2) is 21.2 Å². The monoisotopic (exact) mass is 272 g/mol. The minimum atomic E-state index is -0.768. The number of rotatable bonds is 4. The summed E-state index contributed by atoms with van der Waals surface area (Å²) in [5.41, 5.74) is 1.11. The third-order valence-corrected chi connectivity index (χ3v) is 3.84. The highest BCUT2D eigenvalue weighted by molar-refractivity contribution is 5.71. The molecule has 5 nitrogen and oxygen atoms in total. The molecule has 0 aliphatic heterocycles. The maximum Gasteiger partial charge on any atom is 0.307 e. The number of carboxylic acid groups (broad SMARTS) is 1. The topological polar surface area (TPSA) is 76.2 Å². The summed E-state index contributed by atoms with van der Waals surface area (Å²) >= 11 is 0. The van der Waals surface area contributed by atoms with E-state index in [1.54, 1.807) is 0 Å². The van der Waals surface area contributed by atoms with Gasteiger partial charge in [-0.1, -0.05) is 41.9 Å². The second-order valence-electron chi connectivity index (χ2n) is 5.19. The second-order valence-corrected chi connectivity index (χ2v) is 5.19. The molecular formula is C15H16N2O3. The van der Waals surface area contributed by atoms with Gasteiger partial charge in [0.2, 0.25) is 5.89 Å². The van der Waals surface area contributed by atoms with Gasteiger partial charge in [0.25, 0.3) is 0 Å². The SMILES string of the molecule is O=C(O)C1CCCC1c1nc(Cc2ccccc2)no1. The van der Waals surface area contributed by atoms with Crippen LogP contribution in [0.3, 0.4) is 0 Å². The van der Waals surface area contributed by atoms with Gasteiger partial charge in [0, 0.05) is 6.42 Å². The van der Waals surface area contributed by atoms with Crippen molar-refractivity contribution in [2.75, 3.05) is 0 Å². The van der Waals surface area contributed by atoms with Crippen LogP contribution >= 0.6 is 0 Å². The summed E-state index contributed by atoms with van der Waals surface area (Å²) in [6.07, 6.45) is 3.01. The van der Waals surface area contributed by atoms with Gasteiger partial charge >= 0.3 is 5.97 Å². The van der Waals surface area contributed by atoms with Crippen molar-refractivity contribution < 1.29 is 14.4 Å². The highest BCUT2D eigenvalue weighted by Crippen LogP contribution is 2.38. The average Bonchev–Trinajstić information content (AvgIpc) is 3.07. The molecule has 2 unspecified atom stereocenters. The molecule has 104 valence electrons. The zero-order valence-corrected chi connectivity index (χ0v) is 11.0. The highest BCUT2D eigenvalue weighted by Gasteiger charge is 2.37. The lowest BCUT2D eigenvalue weighted by molar-refractivity contribution is -0.142. The second kappa shape index (κ2) is 5.45. The summed E-state index contributed by atoms with van der Waals surface area (Å²) < 4.78 is 5.28. The highest BCUT2D eigenvalue weighted by atomic mass is 16.5. The minimum Gasteiger partial charge on any atom is -0.481 e. The van der Waals surface area contributed by atoms with E-state index in [1.807, 2.05) is 30.3 Å². The first-order chi connectivity index (χ1) is 9.74. The van der Waals surface area contributed by atoms with E-state index < -0.39 is 5.97 Å². The Bertz CT molecular complexity index is 594. The summed E-state index contributed by atoms with van der Waals surface area (Å²) in [6, 6.07) is 9.90. The van der Waals surface area contributed by atoms with E-state index in [0.717, 1.165) is 18.4 Å². The van der Waals surface area contributed by atoms with E-state index in [1.165, 1.54) is 0 Å². The summed E-state index contributed by atoms with van der Waals surface area (Å²) in [5.74, 6) is -0.206. The Balaban J connectivity index is 1.75. The normalized spacial score (nSPS) is 22.0. The number of carboxylic acids is 1. The molecule has 2 atom stereocenters. The van der Waals surface area contributed by atoms with Crippen LogP contribution in [0, 0.1) is 5.92 Å². The summed E-state index contributed by atoms with van der Waals surface area (Å²) in [6.45, 7) is 0. The van der Waals surface area contributed by atoms with Crippen LogP contribution in [0.1, 0.15) is 42.5 Å². The predicted octanol–water partition coefficient (Wildman–Crippen LogP) is 2.63. The third-order valence-electron chi connectivity index (χ3n) is 3.84. The third kappa shape index (κ3) is 2.57. The van der Waals surface area contributed by atoms with Gasteiger partial charge in [0.05, 0.1) is 11.8 Å². The quantitative estimate of drug-likeness (QED) is 0.925. The Hall–Kier alpha value is -2.17. The van der Waals surface area contributed by atoms with Crippen molar-refractivity contribution in [3.05, 3.63) is 47.6 Å². The molecule has 0 saturated heterocycles. The van der Waals surface area contributed by atoms with E-state index in [2.05, 4.69) is 10.1 Å². The van der Waals surface area contributed by atoms with E-state index in [0.29, 0.717) is 24.6 Å². The van der Waals surface area contributed by atoms with Crippen molar-refractivity contribution in [2.45, 2.75) is 31.6 Å². The lowest BCUT2D eigenvalue weighted by atomic mass is 9.96. The smallest absolute Gasteiger partial charge is 0.307 e. The molecule has 3 rings (SSSR count). The molecule has 1 saturated carbocycles. The van der Waals surface area contributed by atoms with Gasteiger partial charge in [-0.3, -0.25) is 4.79 Å². The molecule has 20 heavy (non-hydrogen) atoms. The summed E-state index contributed by atoms with van der Waals surface area (Å²) in [7, 11) is 0. The summed E-state index contributed by atoms with van der Waals surface area (Å²) in [4.78, 5) is 15.6. The van der Waals surface area contributed by atoms with Gasteiger partial charge in [-0.25, -0.2) is 0 Å². The zero-order valence-electron chi connectivity index (χ0n) is 11.0. The zero-order chi connectivity index (χ0) is 13.9. The molecule has 1 aliphatic rings. The molecule has 0 radical (unpaired) electrons. The van der Waals surface area contributed by atoms with Crippen LogP contribution in [0.5, 0.6) is 0 Å². The number of aliphatic carboxylic acids is 1. The van der Waals surface area contributed by atoms with Gasteiger partial charge < -0.3 is 9.63 Å². The molecule has 2 aromatic rings. The first-order valence-electron chi connectivity index (χ1n) is 6.83. The number of aromatic nitrogens is 2. The van der Waals surface area contributed by atoms with Crippen molar-refractivity contribution in [2.24, 2.45) is 5.92 Å². The fourth-order valence-electron chi connectivity index (χ4n) is 2.82. The number of hydrogen-bond acceptors (Lipinski definition) is 4. The lowest BCUT2D eigenvalue weighted by Gasteiger charge is -2.10. The first-order valence-corrected chi connectivity index (χ1v) is 6.83. The predicted molar refractivity (Wildman–Crippen MR) is 71.3 cm³/mol. The fraction of sp³-hybridized carbons (Fsp3) is 0.400. The fourth-order valence-corrected chi connectivity index (χ4v) is 2.82. The lowest BCUT2D eigenvalue weighted by Crippen LogP contribution is -2.17. The van der Waals surface area contributed by atoms with Gasteiger partial charge in [-0.05, 0) is 18.4 Å². The molecule has 0 bridgehead atoms. The van der Waals surface area contributed by atoms with Crippen LogP contribution in [0.15, 0.2) is 34.9 Å². The number of hydrogen-bond donors (Lipinski definition) is 1. The van der Waals surface area contributed by atoms with Gasteiger partial charge in [-0.2, -0.15) is 4.98 Å². The number of carbonyl (C=O) groups is 1. The van der Waals surface area contributed by atoms with Crippen molar-refractivity contribution in [1.29, 1.82) is 0 Å². The van der Waals surface area contributed by atoms with Crippen LogP contribution in [-0.2, 0) is 11.2 Å². The molecule has 1 N–H and O–H groups in total. The first kappa shape index (κ1) is 12.8. The number of nitrogens with zero attached hydrogens (tertiary/aromatic N) is 2. The summed E-state index contributed by atoms with van der Waals surface area (Å²) in [5, 5.41) is 13.2. The molecule has 1 aromatic heterocycles. The molecular weight excluding hydrogens is 256 g/mol.